The number of likely N-dealkylation sites (tertiary alicyclic amines) is 1. The molecule has 0 radical (unpaired) electrons. The number of nitrogens with zero attached hydrogens (tertiary/aromatic N) is 2. The predicted octanol–water partition coefficient (Wildman–Crippen LogP) is 2.25. The average molecular weight is 360 g/mol. The van der Waals surface area contributed by atoms with Crippen LogP contribution in [-0.2, 0) is 9.53 Å². The fourth-order valence-electron chi connectivity index (χ4n) is 3.69. The lowest BCUT2D eigenvalue weighted by Crippen LogP contribution is -2.56. The van der Waals surface area contributed by atoms with Gasteiger partial charge in [0, 0.05) is 25.9 Å². The molecular formula is C20H28N2O4. The summed E-state index contributed by atoms with van der Waals surface area (Å²) in [7, 11) is 2.09. The largest absolute Gasteiger partial charge is 0.484 e. The Morgan fingerprint density at radius 2 is 2.04 bits per heavy atom. The minimum absolute atomic E-state index is 0.167. The van der Waals surface area contributed by atoms with Crippen LogP contribution in [0.15, 0.2) is 18.2 Å². The van der Waals surface area contributed by atoms with Gasteiger partial charge in [-0.3, -0.25) is 4.79 Å². The summed E-state index contributed by atoms with van der Waals surface area (Å²) in [6, 6.07) is 5.03. The Bertz CT molecular complexity index is 695. The van der Waals surface area contributed by atoms with Crippen LogP contribution in [0.1, 0.15) is 42.6 Å². The van der Waals surface area contributed by atoms with Gasteiger partial charge in [-0.25, -0.2) is 4.79 Å². The van der Waals surface area contributed by atoms with Gasteiger partial charge in [-0.2, -0.15) is 0 Å². The molecule has 2 aliphatic rings. The molecule has 1 amide bonds. The van der Waals surface area contributed by atoms with Gasteiger partial charge in [0.1, 0.15) is 17.4 Å². The van der Waals surface area contributed by atoms with E-state index in [-0.39, 0.29) is 11.9 Å². The molecule has 1 saturated heterocycles. The Morgan fingerprint density at radius 1 is 1.35 bits per heavy atom. The molecule has 2 heterocycles. The standard InChI is InChI=1S/C20H28N2O4/c1-5-25-19(24)15(3)22-13-20(8-10-21(4)11-9-20)26-17-7-6-14(2)12-16(17)18(22)23/h6-7,12,15H,5,8-11,13H2,1-4H3/t15-/m1/s1. The van der Waals surface area contributed by atoms with Crippen LogP contribution in [0, 0.1) is 6.92 Å². The summed E-state index contributed by atoms with van der Waals surface area (Å²) >= 11 is 0. The second-order valence-electron chi connectivity index (χ2n) is 7.45. The molecule has 0 N–H and O–H groups in total. The molecule has 0 aromatic heterocycles. The van der Waals surface area contributed by atoms with Crippen LogP contribution in [0.5, 0.6) is 5.75 Å². The van der Waals surface area contributed by atoms with Crippen LogP contribution < -0.4 is 4.74 Å². The number of fused-ring (bicyclic) bond motifs is 1. The second-order valence-corrected chi connectivity index (χ2v) is 7.45. The first kappa shape index (κ1) is 18.7. The smallest absolute Gasteiger partial charge is 0.328 e. The van der Waals surface area contributed by atoms with E-state index in [0.29, 0.717) is 24.5 Å². The van der Waals surface area contributed by atoms with Crippen LogP contribution >= 0.6 is 0 Å². The van der Waals surface area contributed by atoms with Crippen molar-refractivity contribution in [3.63, 3.8) is 0 Å². The minimum atomic E-state index is -0.644. The molecular weight excluding hydrogens is 332 g/mol. The van der Waals surface area contributed by atoms with Gasteiger partial charge in [-0.05, 0) is 40.0 Å². The summed E-state index contributed by atoms with van der Waals surface area (Å²) in [5, 5.41) is 0. The zero-order valence-corrected chi connectivity index (χ0v) is 16.1. The van der Waals surface area contributed by atoms with E-state index in [0.717, 1.165) is 31.5 Å². The van der Waals surface area contributed by atoms with E-state index in [1.807, 2.05) is 25.1 Å². The quantitative estimate of drug-likeness (QED) is 0.774. The number of aryl methyl sites for hydroxylation is 1. The third-order valence-electron chi connectivity index (χ3n) is 5.40. The maximum atomic E-state index is 13.3. The van der Waals surface area contributed by atoms with E-state index in [4.69, 9.17) is 9.47 Å². The Kier molecular flexibility index (Phi) is 5.23. The molecule has 1 spiro atoms. The molecule has 3 rings (SSSR count). The number of amides is 1. The second kappa shape index (κ2) is 7.27. The maximum absolute atomic E-state index is 13.3. The number of benzene rings is 1. The number of carbonyl (C=O) groups excluding carboxylic acids is 2. The molecule has 1 atom stereocenters. The highest BCUT2D eigenvalue weighted by molar-refractivity contribution is 5.99. The molecule has 0 unspecified atom stereocenters. The van der Waals surface area contributed by atoms with Crippen LogP contribution in [-0.4, -0.2) is 66.6 Å². The monoisotopic (exact) mass is 360 g/mol. The van der Waals surface area contributed by atoms with E-state index in [1.165, 1.54) is 0 Å². The van der Waals surface area contributed by atoms with Gasteiger partial charge in [0.2, 0.25) is 0 Å². The van der Waals surface area contributed by atoms with Crippen molar-refractivity contribution in [2.24, 2.45) is 0 Å². The number of carbonyl (C=O) groups is 2. The summed E-state index contributed by atoms with van der Waals surface area (Å²) in [6.45, 7) is 7.95. The third kappa shape index (κ3) is 3.56. The van der Waals surface area contributed by atoms with Crippen molar-refractivity contribution < 1.29 is 19.1 Å². The molecule has 0 aliphatic carbocycles. The van der Waals surface area contributed by atoms with Crippen LogP contribution in [0.2, 0.25) is 0 Å². The van der Waals surface area contributed by atoms with Crippen molar-refractivity contribution in [1.29, 1.82) is 0 Å². The van der Waals surface area contributed by atoms with Gasteiger partial charge in [0.05, 0.1) is 18.7 Å². The first-order chi connectivity index (χ1) is 12.3. The van der Waals surface area contributed by atoms with Gasteiger partial charge in [-0.1, -0.05) is 11.6 Å². The highest BCUT2D eigenvalue weighted by Crippen LogP contribution is 2.36. The molecule has 2 aliphatic heterocycles. The Morgan fingerprint density at radius 3 is 2.69 bits per heavy atom. The van der Waals surface area contributed by atoms with Crippen LogP contribution in [0.25, 0.3) is 0 Å². The van der Waals surface area contributed by atoms with Crippen LogP contribution in [0.4, 0.5) is 0 Å². The lowest BCUT2D eigenvalue weighted by Gasteiger charge is -2.42. The van der Waals surface area contributed by atoms with Crippen molar-refractivity contribution in [2.45, 2.75) is 45.3 Å². The summed E-state index contributed by atoms with van der Waals surface area (Å²) in [4.78, 5) is 29.5. The lowest BCUT2D eigenvalue weighted by atomic mass is 9.90. The molecule has 26 heavy (non-hydrogen) atoms. The van der Waals surface area contributed by atoms with Gasteiger partial charge in [-0.15, -0.1) is 0 Å². The van der Waals surface area contributed by atoms with Crippen molar-refractivity contribution in [2.75, 3.05) is 33.3 Å². The number of piperidine rings is 1. The Hall–Kier alpha value is -2.08. The number of hydrogen-bond acceptors (Lipinski definition) is 5. The Labute approximate surface area is 155 Å². The van der Waals surface area contributed by atoms with E-state index in [2.05, 4.69) is 11.9 Å². The van der Waals surface area contributed by atoms with Crippen molar-refractivity contribution >= 4 is 11.9 Å². The third-order valence-corrected chi connectivity index (χ3v) is 5.40. The molecule has 1 fully saturated rings. The van der Waals surface area contributed by atoms with E-state index >= 15 is 0 Å². The number of hydrogen-bond donors (Lipinski definition) is 0. The number of esters is 1. The first-order valence-corrected chi connectivity index (χ1v) is 9.31. The van der Waals surface area contributed by atoms with Crippen LogP contribution in [0.3, 0.4) is 0 Å². The average Bonchev–Trinajstić information content (AvgIpc) is 2.73. The van der Waals surface area contributed by atoms with Gasteiger partial charge < -0.3 is 19.3 Å². The summed E-state index contributed by atoms with van der Waals surface area (Å²) < 4.78 is 11.6. The Balaban J connectivity index is 2.00. The lowest BCUT2D eigenvalue weighted by molar-refractivity contribution is -0.148. The molecule has 1 aromatic rings. The van der Waals surface area contributed by atoms with Gasteiger partial charge >= 0.3 is 5.97 Å². The van der Waals surface area contributed by atoms with Gasteiger partial charge in [0.15, 0.2) is 0 Å². The number of rotatable bonds is 3. The highest BCUT2D eigenvalue weighted by atomic mass is 16.5. The zero-order valence-electron chi connectivity index (χ0n) is 16.1. The SMILES string of the molecule is CCOC(=O)[C@@H](C)N1CC2(CCN(C)CC2)Oc2ccc(C)cc2C1=O. The predicted molar refractivity (Wildman–Crippen MR) is 98.4 cm³/mol. The maximum Gasteiger partial charge on any atom is 0.328 e. The van der Waals surface area contributed by atoms with Crippen molar-refractivity contribution in [3.05, 3.63) is 29.3 Å². The van der Waals surface area contributed by atoms with Crippen molar-refractivity contribution in [3.8, 4) is 5.75 Å². The highest BCUT2D eigenvalue weighted by Gasteiger charge is 2.44. The normalized spacial score (nSPS) is 20.9. The fraction of sp³-hybridized carbons (Fsp3) is 0.600. The van der Waals surface area contributed by atoms with E-state index in [1.54, 1.807) is 18.7 Å². The zero-order chi connectivity index (χ0) is 18.9. The van der Waals surface area contributed by atoms with E-state index in [9.17, 15) is 9.59 Å². The molecule has 6 heteroatoms. The van der Waals surface area contributed by atoms with Crippen molar-refractivity contribution in [1.82, 2.24) is 9.80 Å². The summed E-state index contributed by atoms with van der Waals surface area (Å²) in [5.41, 5.74) is 1.05. The van der Waals surface area contributed by atoms with Gasteiger partial charge in [0.25, 0.3) is 5.91 Å². The summed E-state index contributed by atoms with van der Waals surface area (Å²) in [6.07, 6.45) is 1.63. The summed E-state index contributed by atoms with van der Waals surface area (Å²) in [5.74, 6) is 0.0730. The van der Waals surface area contributed by atoms with E-state index < -0.39 is 11.6 Å². The number of ether oxygens (including phenoxy) is 2. The molecule has 1 aromatic carbocycles. The molecule has 6 nitrogen and oxygen atoms in total. The molecule has 0 bridgehead atoms. The fourth-order valence-corrected chi connectivity index (χ4v) is 3.69. The minimum Gasteiger partial charge on any atom is -0.484 e. The first-order valence-electron chi connectivity index (χ1n) is 9.31. The topological polar surface area (TPSA) is 59.1 Å². The molecule has 142 valence electrons. The molecule has 0 saturated carbocycles.